The molecular weight excluding hydrogens is 257 g/mol. The summed E-state index contributed by atoms with van der Waals surface area (Å²) >= 11 is 1.84. The third kappa shape index (κ3) is 5.15. The molecule has 3 heteroatoms. The van der Waals surface area contributed by atoms with Crippen molar-refractivity contribution in [2.75, 3.05) is 6.54 Å². The van der Waals surface area contributed by atoms with Gasteiger partial charge in [0.05, 0.1) is 0 Å². The van der Waals surface area contributed by atoms with Crippen LogP contribution in [0.25, 0.3) is 0 Å². The fraction of sp³-hybridized carbons (Fsp3) is 0.625. The normalized spacial score (nSPS) is 14.7. The van der Waals surface area contributed by atoms with Gasteiger partial charge in [-0.05, 0) is 49.6 Å². The van der Waals surface area contributed by atoms with Crippen LogP contribution in [0.15, 0.2) is 23.1 Å². The number of hydrogen-bond acceptors (Lipinski definition) is 2. The van der Waals surface area contributed by atoms with Crippen LogP contribution < -0.4 is 5.32 Å². The van der Waals surface area contributed by atoms with Crippen LogP contribution in [0.4, 0.5) is 4.39 Å². The van der Waals surface area contributed by atoms with Crippen LogP contribution in [0.5, 0.6) is 0 Å². The highest BCUT2D eigenvalue weighted by molar-refractivity contribution is 8.00. The largest absolute Gasteiger partial charge is 0.310 e. The van der Waals surface area contributed by atoms with E-state index in [2.05, 4.69) is 39.9 Å². The number of hydrogen-bond donors (Lipinski definition) is 1. The van der Waals surface area contributed by atoms with E-state index in [9.17, 15) is 4.39 Å². The maximum Gasteiger partial charge on any atom is 0.123 e. The first-order chi connectivity index (χ1) is 8.95. The van der Waals surface area contributed by atoms with E-state index in [0.29, 0.717) is 11.2 Å². The second kappa shape index (κ2) is 7.91. The Balaban J connectivity index is 2.90. The van der Waals surface area contributed by atoms with Gasteiger partial charge in [-0.15, -0.1) is 11.8 Å². The minimum absolute atomic E-state index is 0.151. The van der Waals surface area contributed by atoms with Gasteiger partial charge in [-0.2, -0.15) is 0 Å². The van der Waals surface area contributed by atoms with Crippen molar-refractivity contribution in [1.29, 1.82) is 0 Å². The predicted octanol–water partition coefficient (Wildman–Crippen LogP) is 5.02. The van der Waals surface area contributed by atoms with E-state index in [4.69, 9.17) is 0 Å². The third-order valence-corrected chi connectivity index (χ3v) is 4.93. The van der Waals surface area contributed by atoms with E-state index >= 15 is 0 Å². The maximum atomic E-state index is 13.5. The van der Waals surface area contributed by atoms with Crippen molar-refractivity contribution in [3.63, 3.8) is 0 Å². The third-order valence-electron chi connectivity index (χ3n) is 3.39. The van der Waals surface area contributed by atoms with Crippen molar-refractivity contribution in [2.24, 2.45) is 5.92 Å². The smallest absolute Gasteiger partial charge is 0.123 e. The van der Waals surface area contributed by atoms with E-state index in [1.807, 2.05) is 17.8 Å². The van der Waals surface area contributed by atoms with Crippen molar-refractivity contribution >= 4 is 11.8 Å². The molecule has 1 aromatic carbocycles. The molecular formula is C16H26FNS. The van der Waals surface area contributed by atoms with Gasteiger partial charge in [-0.1, -0.05) is 27.7 Å². The van der Waals surface area contributed by atoms with Crippen LogP contribution >= 0.6 is 11.8 Å². The van der Waals surface area contributed by atoms with Gasteiger partial charge in [0.1, 0.15) is 5.82 Å². The minimum atomic E-state index is -0.151. The van der Waals surface area contributed by atoms with Gasteiger partial charge < -0.3 is 5.32 Å². The van der Waals surface area contributed by atoms with Gasteiger partial charge in [0.2, 0.25) is 0 Å². The summed E-state index contributed by atoms with van der Waals surface area (Å²) in [6.45, 7) is 11.9. The summed E-state index contributed by atoms with van der Waals surface area (Å²) in [5.74, 6) is 0.462. The molecule has 0 aromatic heterocycles. The molecule has 0 bridgehead atoms. The number of thioether (sulfide) groups is 1. The summed E-state index contributed by atoms with van der Waals surface area (Å²) in [5, 5.41) is 3.97. The molecule has 0 heterocycles. The van der Waals surface area contributed by atoms with E-state index in [0.717, 1.165) is 18.5 Å². The molecule has 19 heavy (non-hydrogen) atoms. The molecule has 1 rings (SSSR count). The van der Waals surface area contributed by atoms with Crippen molar-refractivity contribution in [3.8, 4) is 0 Å². The van der Waals surface area contributed by atoms with Crippen molar-refractivity contribution in [3.05, 3.63) is 29.6 Å². The second-order valence-corrected chi connectivity index (χ2v) is 6.84. The monoisotopic (exact) mass is 283 g/mol. The average Bonchev–Trinajstić information content (AvgIpc) is 2.37. The van der Waals surface area contributed by atoms with Gasteiger partial charge in [0.25, 0.3) is 0 Å². The summed E-state index contributed by atoms with van der Waals surface area (Å²) < 4.78 is 13.5. The topological polar surface area (TPSA) is 12.0 Å². The van der Waals surface area contributed by atoms with E-state index < -0.39 is 0 Å². The van der Waals surface area contributed by atoms with Crippen LogP contribution in [0.1, 0.15) is 52.6 Å². The number of benzene rings is 1. The molecule has 1 aromatic rings. The van der Waals surface area contributed by atoms with Gasteiger partial charge in [-0.3, -0.25) is 0 Å². The van der Waals surface area contributed by atoms with Crippen LogP contribution in [0.2, 0.25) is 0 Å². The summed E-state index contributed by atoms with van der Waals surface area (Å²) in [5.41, 5.74) is 1.07. The standard InChI is InChI=1S/C16H26FNS/c1-6-9-18-12(4)15-10-14(17)7-8-16(15)19-13(5)11(2)3/h7-8,10-13,18H,6,9H2,1-5H3. The molecule has 0 saturated heterocycles. The Morgan fingerprint density at radius 2 is 1.89 bits per heavy atom. The van der Waals surface area contributed by atoms with Crippen molar-refractivity contribution in [1.82, 2.24) is 5.32 Å². The van der Waals surface area contributed by atoms with Gasteiger partial charge in [0.15, 0.2) is 0 Å². The summed E-state index contributed by atoms with van der Waals surface area (Å²) in [6.07, 6.45) is 1.09. The Kier molecular flexibility index (Phi) is 6.87. The molecule has 0 amide bonds. The van der Waals surface area contributed by atoms with E-state index in [-0.39, 0.29) is 11.9 Å². The lowest BCUT2D eigenvalue weighted by atomic mass is 10.1. The lowest BCUT2D eigenvalue weighted by Crippen LogP contribution is -2.20. The predicted molar refractivity (Wildman–Crippen MR) is 83.3 cm³/mol. The maximum absolute atomic E-state index is 13.5. The first-order valence-corrected chi connectivity index (χ1v) is 8.03. The lowest BCUT2D eigenvalue weighted by molar-refractivity contribution is 0.554. The second-order valence-electron chi connectivity index (χ2n) is 5.42. The first-order valence-electron chi connectivity index (χ1n) is 7.15. The van der Waals surface area contributed by atoms with Crippen molar-refractivity contribution < 1.29 is 4.39 Å². The van der Waals surface area contributed by atoms with E-state index in [1.54, 1.807) is 12.1 Å². The molecule has 2 atom stereocenters. The average molecular weight is 283 g/mol. The highest BCUT2D eigenvalue weighted by atomic mass is 32.2. The molecule has 1 N–H and O–H groups in total. The molecule has 0 saturated carbocycles. The zero-order chi connectivity index (χ0) is 14.4. The number of rotatable bonds is 7. The summed E-state index contributed by atoms with van der Waals surface area (Å²) in [7, 11) is 0. The molecule has 0 aliphatic carbocycles. The van der Waals surface area contributed by atoms with Crippen LogP contribution in [0, 0.1) is 11.7 Å². The Bertz CT molecular complexity index is 392. The molecule has 108 valence electrons. The zero-order valence-corrected chi connectivity index (χ0v) is 13.5. The highest BCUT2D eigenvalue weighted by Crippen LogP contribution is 2.33. The van der Waals surface area contributed by atoms with Gasteiger partial charge >= 0.3 is 0 Å². The Morgan fingerprint density at radius 3 is 2.47 bits per heavy atom. The Morgan fingerprint density at radius 1 is 1.21 bits per heavy atom. The van der Waals surface area contributed by atoms with Gasteiger partial charge in [0, 0.05) is 16.2 Å². The molecule has 0 fully saturated rings. The Labute approximate surface area is 121 Å². The van der Waals surface area contributed by atoms with Gasteiger partial charge in [-0.25, -0.2) is 4.39 Å². The molecule has 2 unspecified atom stereocenters. The first kappa shape index (κ1) is 16.5. The fourth-order valence-electron chi connectivity index (χ4n) is 1.77. The SMILES string of the molecule is CCCNC(C)c1cc(F)ccc1SC(C)C(C)C. The highest BCUT2D eigenvalue weighted by Gasteiger charge is 2.15. The summed E-state index contributed by atoms with van der Waals surface area (Å²) in [6, 6.07) is 5.34. The zero-order valence-electron chi connectivity index (χ0n) is 12.7. The van der Waals surface area contributed by atoms with Crippen molar-refractivity contribution in [2.45, 2.75) is 57.2 Å². The lowest BCUT2D eigenvalue weighted by Gasteiger charge is -2.21. The molecule has 0 aliphatic rings. The number of nitrogens with one attached hydrogen (secondary N) is 1. The van der Waals surface area contributed by atoms with Crippen LogP contribution in [-0.2, 0) is 0 Å². The molecule has 0 radical (unpaired) electrons. The molecule has 0 spiro atoms. The fourth-order valence-corrected chi connectivity index (χ4v) is 2.96. The van der Waals surface area contributed by atoms with Crippen LogP contribution in [-0.4, -0.2) is 11.8 Å². The molecule has 0 aliphatic heterocycles. The number of halogens is 1. The molecule has 1 nitrogen and oxygen atoms in total. The Hall–Kier alpha value is -0.540. The quantitative estimate of drug-likeness (QED) is 0.705. The summed E-state index contributed by atoms with van der Waals surface area (Å²) in [4.78, 5) is 1.19. The minimum Gasteiger partial charge on any atom is -0.310 e. The van der Waals surface area contributed by atoms with E-state index in [1.165, 1.54) is 4.90 Å². The van der Waals surface area contributed by atoms with Crippen LogP contribution in [0.3, 0.4) is 0 Å².